The molecule has 0 spiro atoms. The van der Waals surface area contributed by atoms with Crippen LogP contribution in [0.25, 0.3) is 0 Å². The van der Waals surface area contributed by atoms with Crippen LogP contribution in [0.15, 0.2) is 61.2 Å². The van der Waals surface area contributed by atoms with E-state index in [0.717, 1.165) is 66.8 Å². The monoisotopic (exact) mass is 762 g/mol. The molecule has 5 rings (SSSR count). The number of hydrogen-bond acceptors (Lipinski definition) is 6. The smallest absolute Gasteiger partial charge is 0.126 e. The largest absolute Gasteiger partial charge is 0.507 e. The summed E-state index contributed by atoms with van der Waals surface area (Å²) in [6, 6.07) is 16.8. The van der Waals surface area contributed by atoms with E-state index in [1.54, 1.807) is 6.08 Å². The van der Waals surface area contributed by atoms with E-state index >= 15 is 0 Å². The Morgan fingerprint density at radius 2 is 0.768 bits per heavy atom. The Kier molecular flexibility index (Phi) is 12.2. The van der Waals surface area contributed by atoms with Crippen molar-refractivity contribution < 1.29 is 29.9 Å². The maximum Gasteiger partial charge on any atom is 0.126 e. The zero-order valence-corrected chi connectivity index (χ0v) is 36.0. The van der Waals surface area contributed by atoms with Gasteiger partial charge in [0.15, 0.2) is 0 Å². The zero-order chi connectivity index (χ0) is 41.5. The standard InChI is InChI=1S/C50H66O6/c1-14-15-55-28-42(51)29-56-46-36-18-34-24-39(48(5,6)7)22-32(44(34)53)16-30-20-38(47(2,3)4)21-31(43(30)52)17-33-23-40(49(8,9)10)25-35(45(33)54)19-37(46)27-41(26-36)50(11,12)13/h14,20-27,42,51-54H,1,15-19,28-29H2,2-13H3. The number of hydrogen-bond donors (Lipinski definition) is 4. The van der Waals surface area contributed by atoms with Crippen LogP contribution < -0.4 is 4.74 Å². The lowest BCUT2D eigenvalue weighted by Crippen LogP contribution is -2.24. The molecule has 302 valence electrons. The molecule has 4 aromatic rings. The van der Waals surface area contributed by atoms with Crippen molar-refractivity contribution in [2.24, 2.45) is 0 Å². The second-order valence-corrected chi connectivity index (χ2v) is 20.1. The Balaban J connectivity index is 1.87. The summed E-state index contributed by atoms with van der Waals surface area (Å²) in [6.45, 7) is 30.2. The van der Waals surface area contributed by atoms with Gasteiger partial charge in [-0.2, -0.15) is 0 Å². The normalized spacial score (nSPS) is 14.4. The third-order valence-electron chi connectivity index (χ3n) is 11.0. The van der Waals surface area contributed by atoms with E-state index < -0.39 is 6.10 Å². The molecule has 6 nitrogen and oxygen atoms in total. The Labute approximate surface area is 336 Å². The first-order valence-electron chi connectivity index (χ1n) is 20.1. The Morgan fingerprint density at radius 1 is 0.500 bits per heavy atom. The van der Waals surface area contributed by atoms with Gasteiger partial charge in [0.2, 0.25) is 0 Å². The van der Waals surface area contributed by atoms with Crippen molar-refractivity contribution in [2.45, 2.75) is 137 Å². The lowest BCUT2D eigenvalue weighted by Gasteiger charge is -2.28. The topological polar surface area (TPSA) is 99.4 Å². The molecule has 0 saturated heterocycles. The first-order valence-corrected chi connectivity index (χ1v) is 20.1. The maximum absolute atomic E-state index is 12.2. The van der Waals surface area contributed by atoms with Crippen molar-refractivity contribution in [1.29, 1.82) is 0 Å². The van der Waals surface area contributed by atoms with E-state index in [1.807, 2.05) is 0 Å². The van der Waals surface area contributed by atoms with Crippen LogP contribution in [0.3, 0.4) is 0 Å². The Bertz CT molecular complexity index is 1960. The third kappa shape index (κ3) is 9.81. The number of benzene rings is 4. The lowest BCUT2D eigenvalue weighted by molar-refractivity contribution is 0.0210. The van der Waals surface area contributed by atoms with Gasteiger partial charge in [-0.15, -0.1) is 6.58 Å². The third-order valence-corrected chi connectivity index (χ3v) is 11.0. The van der Waals surface area contributed by atoms with Crippen molar-refractivity contribution >= 4 is 0 Å². The first-order chi connectivity index (χ1) is 25.9. The molecule has 0 aliphatic heterocycles. The van der Waals surface area contributed by atoms with Crippen molar-refractivity contribution in [2.75, 3.05) is 19.8 Å². The van der Waals surface area contributed by atoms with Crippen LogP contribution in [0.5, 0.6) is 23.0 Å². The number of rotatable bonds is 7. The molecule has 56 heavy (non-hydrogen) atoms. The van der Waals surface area contributed by atoms with Crippen LogP contribution in [0.1, 0.15) is 150 Å². The number of phenolic OH excluding ortho intramolecular Hbond substituents is 3. The fourth-order valence-electron chi connectivity index (χ4n) is 7.36. The SMILES string of the molecule is C=CCOCC(O)COc1c2cc(C(C)(C)C)cc1Cc1cc(C(C)(C)C)cc(c1O)Cc1cc(C(C)(C)C)cc(c1O)Cc1cc(C(C)(C)C)cc(c1O)C2. The average Bonchev–Trinajstić information content (AvgIpc) is 3.07. The van der Waals surface area contributed by atoms with E-state index in [-0.39, 0.29) is 52.1 Å². The highest BCUT2D eigenvalue weighted by molar-refractivity contribution is 5.59. The minimum atomic E-state index is -0.885. The number of aromatic hydroxyl groups is 3. The van der Waals surface area contributed by atoms with Crippen LogP contribution in [0.4, 0.5) is 0 Å². The number of aliphatic hydroxyl groups is 1. The molecule has 0 aromatic heterocycles. The fourth-order valence-corrected chi connectivity index (χ4v) is 7.36. The zero-order valence-electron chi connectivity index (χ0n) is 36.0. The molecule has 0 amide bonds. The molecular formula is C50H66O6. The summed E-state index contributed by atoms with van der Waals surface area (Å²) in [5, 5.41) is 47.5. The van der Waals surface area contributed by atoms with Crippen LogP contribution in [0, 0.1) is 0 Å². The number of ether oxygens (including phenoxy) is 2. The first kappa shape index (κ1) is 42.9. The molecule has 4 aromatic carbocycles. The number of aliphatic hydroxyl groups excluding tert-OH is 1. The predicted molar refractivity (Wildman–Crippen MR) is 229 cm³/mol. The van der Waals surface area contributed by atoms with Crippen LogP contribution in [-0.2, 0) is 52.1 Å². The van der Waals surface area contributed by atoms with Gasteiger partial charge in [0.1, 0.15) is 35.7 Å². The van der Waals surface area contributed by atoms with Crippen LogP contribution >= 0.6 is 0 Å². The van der Waals surface area contributed by atoms with E-state index in [2.05, 4.69) is 138 Å². The highest BCUT2D eigenvalue weighted by atomic mass is 16.5. The number of fused-ring (bicyclic) bond motifs is 8. The van der Waals surface area contributed by atoms with Crippen molar-refractivity contribution in [1.82, 2.24) is 0 Å². The van der Waals surface area contributed by atoms with E-state index in [1.165, 1.54) is 0 Å². The van der Waals surface area contributed by atoms with Gasteiger partial charge in [-0.1, -0.05) is 138 Å². The van der Waals surface area contributed by atoms with E-state index in [9.17, 15) is 20.4 Å². The van der Waals surface area contributed by atoms with Gasteiger partial charge in [0.05, 0.1) is 13.2 Å². The van der Waals surface area contributed by atoms with Gasteiger partial charge in [0, 0.05) is 25.7 Å². The quantitative estimate of drug-likeness (QED) is 0.0973. The van der Waals surface area contributed by atoms with Crippen molar-refractivity contribution in [3.05, 3.63) is 128 Å². The molecule has 1 aliphatic carbocycles. The highest BCUT2D eigenvalue weighted by Crippen LogP contribution is 2.43. The van der Waals surface area contributed by atoms with Gasteiger partial charge in [0.25, 0.3) is 0 Å². The van der Waals surface area contributed by atoms with Gasteiger partial charge in [-0.3, -0.25) is 0 Å². The maximum atomic E-state index is 12.2. The summed E-state index contributed by atoms with van der Waals surface area (Å²) in [5.41, 5.74) is 9.60. The van der Waals surface area contributed by atoms with Crippen molar-refractivity contribution in [3.63, 3.8) is 0 Å². The molecule has 6 heteroatoms. The molecule has 0 fully saturated rings. The molecule has 1 aliphatic rings. The lowest BCUT2D eigenvalue weighted by atomic mass is 9.79. The summed E-state index contributed by atoms with van der Waals surface area (Å²) in [5.74, 6) is 1.18. The Hall–Kier alpha value is -4.26. The average molecular weight is 763 g/mol. The summed E-state index contributed by atoms with van der Waals surface area (Å²) >= 11 is 0. The molecule has 0 radical (unpaired) electrons. The fraction of sp³-hybridized carbons (Fsp3) is 0.480. The summed E-state index contributed by atoms with van der Waals surface area (Å²) in [6.07, 6.45) is 2.11. The molecular weight excluding hydrogens is 697 g/mol. The summed E-state index contributed by atoms with van der Waals surface area (Å²) < 4.78 is 12.2. The molecule has 8 bridgehead atoms. The van der Waals surface area contributed by atoms with Gasteiger partial charge >= 0.3 is 0 Å². The molecule has 0 saturated carbocycles. The number of phenols is 3. The van der Waals surface area contributed by atoms with E-state index in [0.29, 0.717) is 38.0 Å². The second kappa shape index (κ2) is 15.9. The molecule has 1 unspecified atom stereocenters. The Morgan fingerprint density at radius 3 is 1.04 bits per heavy atom. The molecule has 1 atom stereocenters. The minimum absolute atomic E-state index is 0.00539. The summed E-state index contributed by atoms with van der Waals surface area (Å²) in [7, 11) is 0. The summed E-state index contributed by atoms with van der Waals surface area (Å²) in [4.78, 5) is 0. The van der Waals surface area contributed by atoms with Gasteiger partial charge in [-0.25, -0.2) is 0 Å². The highest BCUT2D eigenvalue weighted by Gasteiger charge is 2.28. The molecule has 0 heterocycles. The van der Waals surface area contributed by atoms with Crippen molar-refractivity contribution in [3.8, 4) is 23.0 Å². The van der Waals surface area contributed by atoms with Gasteiger partial charge < -0.3 is 29.9 Å². The van der Waals surface area contributed by atoms with Crippen LogP contribution in [0.2, 0.25) is 0 Å². The predicted octanol–water partition coefficient (Wildman–Crippen LogP) is 10.6. The van der Waals surface area contributed by atoms with E-state index in [4.69, 9.17) is 9.47 Å². The van der Waals surface area contributed by atoms with Gasteiger partial charge in [-0.05, 0) is 88.4 Å². The second-order valence-electron chi connectivity index (χ2n) is 20.1. The minimum Gasteiger partial charge on any atom is -0.507 e. The molecule has 4 N–H and O–H groups in total. The van der Waals surface area contributed by atoms with Crippen LogP contribution in [-0.4, -0.2) is 46.4 Å².